The number of carbonyl (C=O) groups excluding carboxylic acids is 1. The molecule has 0 bridgehead atoms. The van der Waals surface area contributed by atoms with Gasteiger partial charge in [-0.05, 0) is 55.5 Å². The van der Waals surface area contributed by atoms with Crippen molar-refractivity contribution in [1.82, 2.24) is 9.88 Å². The number of rotatable bonds is 9. The van der Waals surface area contributed by atoms with E-state index in [1.54, 1.807) is 30.0 Å². The second-order valence-electron chi connectivity index (χ2n) is 8.77. The molecule has 1 saturated carbocycles. The van der Waals surface area contributed by atoms with Crippen molar-refractivity contribution in [3.8, 4) is 22.8 Å². The van der Waals surface area contributed by atoms with E-state index >= 15 is 0 Å². The lowest BCUT2D eigenvalue weighted by Crippen LogP contribution is -2.36. The van der Waals surface area contributed by atoms with Gasteiger partial charge in [0, 0.05) is 12.1 Å². The summed E-state index contributed by atoms with van der Waals surface area (Å²) in [5.41, 5.74) is 0.196. The van der Waals surface area contributed by atoms with Gasteiger partial charge in [-0.25, -0.2) is 4.98 Å². The van der Waals surface area contributed by atoms with E-state index < -0.39 is 17.8 Å². The first kappa shape index (κ1) is 26.0. The highest BCUT2D eigenvalue weighted by Crippen LogP contribution is 2.37. The van der Waals surface area contributed by atoms with Crippen molar-refractivity contribution in [2.75, 3.05) is 27.3 Å². The Bertz CT molecular complexity index is 1240. The smallest absolute Gasteiger partial charge is 0.416 e. The molecule has 1 atom stereocenters. The van der Waals surface area contributed by atoms with Gasteiger partial charge in [0.25, 0.3) is 5.91 Å². The van der Waals surface area contributed by atoms with Gasteiger partial charge in [-0.1, -0.05) is 18.2 Å². The first-order chi connectivity index (χ1) is 17.1. The highest BCUT2D eigenvalue weighted by molar-refractivity contribution is 7.14. The maximum atomic E-state index is 13.7. The molecule has 2 aromatic carbocycles. The van der Waals surface area contributed by atoms with Gasteiger partial charge in [0.05, 0.1) is 43.1 Å². The summed E-state index contributed by atoms with van der Waals surface area (Å²) in [7, 11) is 3.02. The lowest BCUT2D eigenvalue weighted by atomic mass is 10.1. The number of aryl methyl sites for hydroxylation is 1. The molecule has 3 aromatic rings. The number of thiazole rings is 1. The molecule has 1 heterocycles. The minimum atomic E-state index is -4.51. The fourth-order valence-electron chi connectivity index (χ4n) is 3.98. The maximum absolute atomic E-state index is 13.7. The average molecular weight is 521 g/mol. The third-order valence-electron chi connectivity index (χ3n) is 6.04. The molecule has 0 radical (unpaired) electrons. The molecule has 1 aliphatic carbocycles. The van der Waals surface area contributed by atoms with Crippen LogP contribution in [0.25, 0.3) is 11.3 Å². The Hall–Kier alpha value is -3.11. The number of hydrogen-bond acceptors (Lipinski definition) is 6. The van der Waals surface area contributed by atoms with Gasteiger partial charge in [-0.2, -0.15) is 13.2 Å². The predicted molar refractivity (Wildman–Crippen MR) is 130 cm³/mol. The van der Waals surface area contributed by atoms with Crippen molar-refractivity contribution in [2.45, 2.75) is 32.0 Å². The predicted octanol–water partition coefficient (Wildman–Crippen LogP) is 5.74. The minimum absolute atomic E-state index is 0.0177. The van der Waals surface area contributed by atoms with E-state index in [4.69, 9.17) is 9.47 Å². The molecule has 0 aliphatic heterocycles. The number of amides is 1. The Kier molecular flexibility index (Phi) is 7.56. The van der Waals surface area contributed by atoms with Crippen molar-refractivity contribution < 1.29 is 32.5 Å². The van der Waals surface area contributed by atoms with Gasteiger partial charge >= 0.3 is 6.18 Å². The molecule has 4 rings (SSSR count). The number of halogens is 3. The number of alkyl halides is 3. The van der Waals surface area contributed by atoms with Crippen LogP contribution in [0.15, 0.2) is 42.5 Å². The molecule has 1 fully saturated rings. The van der Waals surface area contributed by atoms with E-state index in [-0.39, 0.29) is 28.6 Å². The summed E-state index contributed by atoms with van der Waals surface area (Å²) in [4.78, 5) is 19.9. The van der Waals surface area contributed by atoms with Crippen LogP contribution in [-0.2, 0) is 6.18 Å². The van der Waals surface area contributed by atoms with E-state index in [0.29, 0.717) is 34.5 Å². The van der Waals surface area contributed by atoms with Crippen molar-refractivity contribution in [3.63, 3.8) is 0 Å². The molecule has 1 N–H and O–H groups in total. The quantitative estimate of drug-likeness (QED) is 0.390. The number of hydrogen-bond donors (Lipinski definition) is 1. The normalized spacial score (nSPS) is 14.4. The Morgan fingerprint density at radius 2 is 1.89 bits per heavy atom. The number of aliphatic hydroxyl groups excluding tert-OH is 1. The molecular weight excluding hydrogens is 493 g/mol. The highest BCUT2D eigenvalue weighted by atomic mass is 32.1. The maximum Gasteiger partial charge on any atom is 0.416 e. The number of nitrogens with zero attached hydrogens (tertiary/aromatic N) is 2. The van der Waals surface area contributed by atoms with Crippen molar-refractivity contribution >= 4 is 17.2 Å². The van der Waals surface area contributed by atoms with Gasteiger partial charge in [0.2, 0.25) is 0 Å². The molecule has 0 spiro atoms. The van der Waals surface area contributed by atoms with Gasteiger partial charge in [0.1, 0.15) is 4.88 Å². The van der Waals surface area contributed by atoms with Gasteiger partial charge in [-0.15, -0.1) is 11.3 Å². The van der Waals surface area contributed by atoms with Crippen molar-refractivity contribution in [3.05, 3.63) is 63.5 Å². The Labute approximate surface area is 211 Å². The number of carbonyl (C=O) groups is 1. The van der Waals surface area contributed by atoms with Crippen LogP contribution in [0.1, 0.15) is 44.8 Å². The second kappa shape index (κ2) is 10.5. The fraction of sp³-hybridized carbons (Fsp3) is 0.385. The van der Waals surface area contributed by atoms with Crippen LogP contribution in [-0.4, -0.2) is 48.2 Å². The van der Waals surface area contributed by atoms with Gasteiger partial charge in [0.15, 0.2) is 11.5 Å². The topological polar surface area (TPSA) is 71.9 Å². The van der Waals surface area contributed by atoms with Crippen LogP contribution in [0.5, 0.6) is 11.5 Å². The number of methoxy groups -OCH3 is 2. The van der Waals surface area contributed by atoms with Crippen LogP contribution in [0.4, 0.5) is 13.2 Å². The summed E-state index contributed by atoms with van der Waals surface area (Å²) in [5, 5.41) is 11.6. The lowest BCUT2D eigenvalue weighted by Gasteiger charge is -2.26. The van der Waals surface area contributed by atoms with Crippen LogP contribution >= 0.6 is 11.3 Å². The molecule has 1 unspecified atom stereocenters. The molecule has 10 heteroatoms. The lowest BCUT2D eigenvalue weighted by molar-refractivity contribution is -0.137. The van der Waals surface area contributed by atoms with E-state index in [2.05, 4.69) is 4.98 Å². The Balaban J connectivity index is 1.64. The number of benzene rings is 2. The molecule has 36 heavy (non-hydrogen) atoms. The molecule has 192 valence electrons. The fourth-order valence-corrected chi connectivity index (χ4v) is 4.89. The van der Waals surface area contributed by atoms with Crippen LogP contribution in [0, 0.1) is 12.8 Å². The van der Waals surface area contributed by atoms with Gasteiger partial charge < -0.3 is 19.5 Å². The largest absolute Gasteiger partial charge is 0.493 e. The molecule has 1 aromatic heterocycles. The summed E-state index contributed by atoms with van der Waals surface area (Å²) < 4.78 is 50.5. The average Bonchev–Trinajstić information content (AvgIpc) is 3.60. The molecule has 1 amide bonds. The Morgan fingerprint density at radius 1 is 1.17 bits per heavy atom. The summed E-state index contributed by atoms with van der Waals surface area (Å²) in [6, 6.07) is 9.87. The zero-order valence-electron chi connectivity index (χ0n) is 20.1. The van der Waals surface area contributed by atoms with Crippen LogP contribution in [0.2, 0.25) is 0 Å². The van der Waals surface area contributed by atoms with Crippen molar-refractivity contribution in [2.24, 2.45) is 5.92 Å². The van der Waals surface area contributed by atoms with Crippen LogP contribution < -0.4 is 9.47 Å². The SMILES string of the molecule is COc1ccc(C(O)CN(CC2CC2)C(=O)c2sc(C)nc2-c2cccc(C(F)(F)F)c2)cc1OC. The molecule has 1 aliphatic rings. The van der Waals surface area contributed by atoms with Crippen LogP contribution in [0.3, 0.4) is 0 Å². The first-order valence-corrected chi connectivity index (χ1v) is 12.3. The second-order valence-corrected chi connectivity index (χ2v) is 9.98. The summed E-state index contributed by atoms with van der Waals surface area (Å²) in [6.45, 7) is 2.17. The van der Waals surface area contributed by atoms with E-state index in [9.17, 15) is 23.1 Å². The number of ether oxygens (including phenoxy) is 2. The minimum Gasteiger partial charge on any atom is -0.493 e. The zero-order valence-corrected chi connectivity index (χ0v) is 20.9. The monoisotopic (exact) mass is 520 g/mol. The highest BCUT2D eigenvalue weighted by Gasteiger charge is 2.33. The number of aromatic nitrogens is 1. The zero-order chi connectivity index (χ0) is 26.0. The molecule has 6 nitrogen and oxygen atoms in total. The third kappa shape index (κ3) is 5.82. The van der Waals surface area contributed by atoms with Crippen molar-refractivity contribution in [1.29, 1.82) is 0 Å². The third-order valence-corrected chi connectivity index (χ3v) is 7.00. The van der Waals surface area contributed by atoms with E-state index in [1.165, 1.54) is 26.4 Å². The summed E-state index contributed by atoms with van der Waals surface area (Å²) in [6.07, 6.45) is -3.54. The molecule has 0 saturated heterocycles. The van der Waals surface area contributed by atoms with Gasteiger partial charge in [-0.3, -0.25) is 4.79 Å². The number of aliphatic hydroxyl groups is 1. The summed E-state index contributed by atoms with van der Waals surface area (Å²) >= 11 is 1.14. The van der Waals surface area contributed by atoms with E-state index in [0.717, 1.165) is 36.3 Å². The first-order valence-electron chi connectivity index (χ1n) is 11.4. The van der Waals surface area contributed by atoms with E-state index in [1.807, 2.05) is 0 Å². The molecular formula is C26H27F3N2O4S. The standard InChI is InChI=1S/C26H27F3N2O4S/c1-15-30-23(18-5-4-6-19(11-18)26(27,28)29)24(36-15)25(33)31(13-16-7-8-16)14-20(32)17-9-10-21(34-2)22(12-17)35-3/h4-6,9-12,16,20,32H,7-8,13-14H2,1-3H3. The Morgan fingerprint density at radius 3 is 2.53 bits per heavy atom. The summed E-state index contributed by atoms with van der Waals surface area (Å²) in [5.74, 6) is 0.946.